The van der Waals surface area contributed by atoms with Crippen molar-refractivity contribution in [2.24, 2.45) is 0 Å². The largest absolute Gasteiger partial charge is 0.329 e. The summed E-state index contributed by atoms with van der Waals surface area (Å²) < 4.78 is 1.27. The van der Waals surface area contributed by atoms with E-state index in [-0.39, 0.29) is 16.8 Å². The lowest BCUT2D eigenvalue weighted by Gasteiger charge is -2.15. The Morgan fingerprint density at radius 2 is 2.20 bits per heavy atom. The Kier molecular flexibility index (Phi) is 4.83. The van der Waals surface area contributed by atoms with Gasteiger partial charge in [0.15, 0.2) is 0 Å². The molecule has 0 spiro atoms. The highest BCUT2D eigenvalue weighted by Gasteiger charge is 2.17. The van der Waals surface area contributed by atoms with Gasteiger partial charge in [-0.15, -0.1) is 11.3 Å². The maximum absolute atomic E-state index is 12.4. The third-order valence-electron chi connectivity index (χ3n) is 3.19. The number of aromatic amines is 1. The summed E-state index contributed by atoms with van der Waals surface area (Å²) in [5.74, 6) is 0. The topological polar surface area (TPSA) is 54.9 Å². The van der Waals surface area contributed by atoms with Gasteiger partial charge in [0.1, 0.15) is 5.15 Å². The Bertz CT molecular complexity index is 688. The van der Waals surface area contributed by atoms with Gasteiger partial charge in [-0.25, -0.2) is 4.79 Å². The van der Waals surface area contributed by atoms with Gasteiger partial charge < -0.3 is 0 Å². The highest BCUT2D eigenvalue weighted by atomic mass is 35.5. The Morgan fingerprint density at radius 1 is 1.45 bits per heavy atom. The van der Waals surface area contributed by atoms with Gasteiger partial charge in [0.25, 0.3) is 5.56 Å². The molecule has 1 atom stereocenters. The molecule has 0 saturated heterocycles. The van der Waals surface area contributed by atoms with Crippen LogP contribution in [0, 0.1) is 0 Å². The summed E-state index contributed by atoms with van der Waals surface area (Å²) in [6, 6.07) is 3.77. The maximum Gasteiger partial charge on any atom is 0.329 e. The standard InChI is InChI=1S/C14H17ClN2O2S/c1-3-5-11-12(15)16-14(19)17(13(11)18)9(2)8-10-6-4-7-20-10/h4,6-7,9H,3,5,8H2,1-2H3,(H,16,19). The van der Waals surface area contributed by atoms with Gasteiger partial charge in [-0.05, 0) is 24.8 Å². The lowest BCUT2D eigenvalue weighted by atomic mass is 10.1. The fraction of sp³-hybridized carbons (Fsp3) is 0.429. The number of thiophene rings is 1. The van der Waals surface area contributed by atoms with Crippen molar-refractivity contribution in [3.8, 4) is 0 Å². The van der Waals surface area contributed by atoms with Crippen molar-refractivity contribution in [1.82, 2.24) is 9.55 Å². The van der Waals surface area contributed by atoms with E-state index in [9.17, 15) is 9.59 Å². The second kappa shape index (κ2) is 6.41. The van der Waals surface area contributed by atoms with Gasteiger partial charge in [-0.1, -0.05) is 31.0 Å². The zero-order valence-electron chi connectivity index (χ0n) is 11.5. The van der Waals surface area contributed by atoms with Crippen LogP contribution < -0.4 is 11.2 Å². The minimum absolute atomic E-state index is 0.168. The van der Waals surface area contributed by atoms with E-state index >= 15 is 0 Å². The average Bonchev–Trinajstić information content (AvgIpc) is 2.87. The molecule has 2 rings (SSSR count). The van der Waals surface area contributed by atoms with Gasteiger partial charge in [-0.3, -0.25) is 14.3 Å². The Morgan fingerprint density at radius 3 is 2.80 bits per heavy atom. The summed E-state index contributed by atoms with van der Waals surface area (Å²) in [5.41, 5.74) is -0.222. The van der Waals surface area contributed by atoms with Crippen molar-refractivity contribution in [3.05, 3.63) is 53.9 Å². The van der Waals surface area contributed by atoms with Crippen LogP contribution in [0.15, 0.2) is 27.1 Å². The number of nitrogens with one attached hydrogen (secondary N) is 1. The SMILES string of the molecule is CCCc1c(Cl)[nH]c(=O)n(C(C)Cc2cccs2)c1=O. The zero-order chi connectivity index (χ0) is 14.7. The summed E-state index contributed by atoms with van der Waals surface area (Å²) >= 11 is 7.59. The van der Waals surface area contributed by atoms with E-state index in [1.54, 1.807) is 11.3 Å². The summed E-state index contributed by atoms with van der Waals surface area (Å²) in [5, 5.41) is 2.15. The second-order valence-corrected chi connectivity index (χ2v) is 6.19. The van der Waals surface area contributed by atoms with Gasteiger partial charge in [0, 0.05) is 17.3 Å². The average molecular weight is 313 g/mol. The molecule has 2 aromatic rings. The molecule has 0 aliphatic rings. The number of nitrogens with zero attached hydrogens (tertiary/aromatic N) is 1. The van der Waals surface area contributed by atoms with E-state index in [0.29, 0.717) is 18.4 Å². The third kappa shape index (κ3) is 3.04. The molecule has 0 amide bonds. The maximum atomic E-state index is 12.4. The first-order valence-electron chi connectivity index (χ1n) is 6.60. The number of hydrogen-bond acceptors (Lipinski definition) is 3. The smallest absolute Gasteiger partial charge is 0.297 e. The molecule has 20 heavy (non-hydrogen) atoms. The Balaban J connectivity index is 2.43. The minimum atomic E-state index is -0.441. The van der Waals surface area contributed by atoms with Crippen molar-refractivity contribution < 1.29 is 0 Å². The lowest BCUT2D eigenvalue weighted by Crippen LogP contribution is -2.39. The number of rotatable bonds is 5. The van der Waals surface area contributed by atoms with Crippen LogP contribution in [0.3, 0.4) is 0 Å². The van der Waals surface area contributed by atoms with Gasteiger partial charge in [0.2, 0.25) is 0 Å². The van der Waals surface area contributed by atoms with E-state index in [2.05, 4.69) is 4.98 Å². The first kappa shape index (κ1) is 15.1. The molecule has 0 fully saturated rings. The number of aromatic nitrogens is 2. The molecule has 1 N–H and O–H groups in total. The predicted molar refractivity (Wildman–Crippen MR) is 83.1 cm³/mol. The molecule has 6 heteroatoms. The minimum Gasteiger partial charge on any atom is -0.297 e. The van der Waals surface area contributed by atoms with Crippen LogP contribution >= 0.6 is 22.9 Å². The molecule has 0 radical (unpaired) electrons. The molecule has 0 bridgehead atoms. The molecule has 1 unspecified atom stereocenters. The van der Waals surface area contributed by atoms with E-state index in [1.165, 1.54) is 4.57 Å². The van der Waals surface area contributed by atoms with E-state index in [1.807, 2.05) is 31.4 Å². The molecular weight excluding hydrogens is 296 g/mol. The summed E-state index contributed by atoms with van der Waals surface area (Å²) in [4.78, 5) is 28.2. The van der Waals surface area contributed by atoms with Crippen LogP contribution in [0.4, 0.5) is 0 Å². The van der Waals surface area contributed by atoms with Crippen LogP contribution in [-0.4, -0.2) is 9.55 Å². The van der Waals surface area contributed by atoms with E-state index in [4.69, 9.17) is 11.6 Å². The van der Waals surface area contributed by atoms with E-state index < -0.39 is 5.69 Å². The first-order valence-corrected chi connectivity index (χ1v) is 7.86. The quantitative estimate of drug-likeness (QED) is 0.863. The number of H-pyrrole nitrogens is 1. The van der Waals surface area contributed by atoms with Crippen molar-refractivity contribution in [1.29, 1.82) is 0 Å². The highest BCUT2D eigenvalue weighted by molar-refractivity contribution is 7.09. The van der Waals surface area contributed by atoms with Crippen LogP contribution in [0.1, 0.15) is 36.8 Å². The first-order chi connectivity index (χ1) is 9.54. The van der Waals surface area contributed by atoms with Crippen molar-refractivity contribution in [2.45, 2.75) is 39.2 Å². The van der Waals surface area contributed by atoms with Crippen LogP contribution in [0.2, 0.25) is 5.15 Å². The number of halogens is 1. The highest BCUT2D eigenvalue weighted by Crippen LogP contribution is 2.17. The van der Waals surface area contributed by atoms with Crippen LogP contribution in [0.5, 0.6) is 0 Å². The van der Waals surface area contributed by atoms with Crippen LogP contribution in [0.25, 0.3) is 0 Å². The Labute approximate surface area is 126 Å². The normalized spacial score (nSPS) is 12.6. The van der Waals surface area contributed by atoms with E-state index in [0.717, 1.165) is 11.3 Å². The Hall–Kier alpha value is -1.33. The molecule has 2 aromatic heterocycles. The molecule has 0 aliphatic heterocycles. The third-order valence-corrected chi connectivity index (χ3v) is 4.42. The summed E-state index contributed by atoms with van der Waals surface area (Å²) in [7, 11) is 0. The number of hydrogen-bond donors (Lipinski definition) is 1. The van der Waals surface area contributed by atoms with Crippen molar-refractivity contribution >= 4 is 22.9 Å². The van der Waals surface area contributed by atoms with Gasteiger partial charge in [0.05, 0.1) is 5.56 Å². The monoisotopic (exact) mass is 312 g/mol. The zero-order valence-corrected chi connectivity index (χ0v) is 13.1. The van der Waals surface area contributed by atoms with Crippen molar-refractivity contribution in [2.75, 3.05) is 0 Å². The van der Waals surface area contributed by atoms with Gasteiger partial charge in [-0.2, -0.15) is 0 Å². The molecule has 2 heterocycles. The molecule has 0 aliphatic carbocycles. The summed E-state index contributed by atoms with van der Waals surface area (Å²) in [6.45, 7) is 3.85. The van der Waals surface area contributed by atoms with Crippen molar-refractivity contribution in [3.63, 3.8) is 0 Å². The molecule has 4 nitrogen and oxygen atoms in total. The molecule has 0 saturated carbocycles. The molecular formula is C14H17ClN2O2S. The molecule has 0 aromatic carbocycles. The second-order valence-electron chi connectivity index (χ2n) is 4.78. The fourth-order valence-electron chi connectivity index (χ4n) is 2.24. The lowest BCUT2D eigenvalue weighted by molar-refractivity contribution is 0.499. The van der Waals surface area contributed by atoms with Gasteiger partial charge >= 0.3 is 5.69 Å². The fourth-order valence-corrected chi connectivity index (χ4v) is 3.32. The molecule has 108 valence electrons. The van der Waals surface area contributed by atoms with Crippen LogP contribution in [-0.2, 0) is 12.8 Å². The predicted octanol–water partition coefficient (Wildman–Crippen LogP) is 3.01. The summed E-state index contributed by atoms with van der Waals surface area (Å²) in [6.07, 6.45) is 2.04.